The molecule has 0 fully saturated rings. The molecular formula is C12H18INOS. The predicted molar refractivity (Wildman–Crippen MR) is 78.4 cm³/mol. The number of unbranched alkanes of at least 4 members (excludes halogenated alkanes) is 3. The van der Waals surface area contributed by atoms with Crippen molar-refractivity contribution in [1.29, 1.82) is 0 Å². The normalized spacial score (nSPS) is 10.3. The maximum atomic E-state index is 11.5. The van der Waals surface area contributed by atoms with Crippen LogP contribution >= 0.6 is 33.9 Å². The smallest absolute Gasteiger partial charge is 0.225 e. The van der Waals surface area contributed by atoms with Crippen LogP contribution in [0.3, 0.4) is 0 Å². The molecule has 1 aromatic rings. The van der Waals surface area contributed by atoms with Gasteiger partial charge in [-0.3, -0.25) is 4.79 Å². The first kappa shape index (κ1) is 14.0. The molecule has 0 bridgehead atoms. The summed E-state index contributed by atoms with van der Waals surface area (Å²) in [6, 6.07) is 3.99. The number of carbonyl (C=O) groups is 1. The lowest BCUT2D eigenvalue weighted by molar-refractivity contribution is -0.120. The number of hydrogen-bond donors (Lipinski definition) is 1. The molecule has 0 aliphatic carbocycles. The lowest BCUT2D eigenvalue weighted by Gasteiger charge is -2.03. The molecule has 4 heteroatoms. The summed E-state index contributed by atoms with van der Waals surface area (Å²) in [5, 5.41) is 4.97. The summed E-state index contributed by atoms with van der Waals surface area (Å²) in [5.41, 5.74) is 0. The molecular weight excluding hydrogens is 333 g/mol. The van der Waals surface area contributed by atoms with Crippen LogP contribution in [0.15, 0.2) is 17.5 Å². The second kappa shape index (κ2) is 8.98. The molecule has 1 amide bonds. The molecule has 0 aromatic carbocycles. The van der Waals surface area contributed by atoms with Gasteiger partial charge in [0.15, 0.2) is 0 Å². The first-order valence-electron chi connectivity index (χ1n) is 5.68. The molecule has 0 aliphatic heterocycles. The Morgan fingerprint density at radius 1 is 1.31 bits per heavy atom. The van der Waals surface area contributed by atoms with Gasteiger partial charge in [-0.05, 0) is 28.7 Å². The second-order valence-electron chi connectivity index (χ2n) is 3.71. The van der Waals surface area contributed by atoms with E-state index in [9.17, 15) is 4.79 Å². The highest BCUT2D eigenvalue weighted by atomic mass is 127. The maximum absolute atomic E-state index is 11.5. The van der Waals surface area contributed by atoms with Gasteiger partial charge >= 0.3 is 0 Å². The highest BCUT2D eigenvalue weighted by Gasteiger charge is 2.02. The number of amides is 1. The van der Waals surface area contributed by atoms with Gasteiger partial charge in [-0.2, -0.15) is 0 Å². The molecule has 1 aromatic heterocycles. The molecule has 0 aliphatic rings. The average Bonchev–Trinajstić information content (AvgIpc) is 2.76. The van der Waals surface area contributed by atoms with E-state index >= 15 is 0 Å². The van der Waals surface area contributed by atoms with Crippen LogP contribution in [0.1, 0.15) is 30.6 Å². The van der Waals surface area contributed by atoms with Crippen molar-refractivity contribution in [2.45, 2.75) is 32.1 Å². The van der Waals surface area contributed by atoms with Crippen LogP contribution in [0.25, 0.3) is 0 Å². The summed E-state index contributed by atoms with van der Waals surface area (Å²) in [6.45, 7) is 0.825. The van der Waals surface area contributed by atoms with E-state index in [0.717, 1.165) is 17.8 Å². The fourth-order valence-corrected chi connectivity index (χ4v) is 2.68. The Bertz CT molecular complexity index is 287. The second-order valence-corrected chi connectivity index (χ2v) is 5.82. The highest BCUT2D eigenvalue weighted by Crippen LogP contribution is 2.08. The third-order valence-corrected chi connectivity index (χ3v) is 3.94. The van der Waals surface area contributed by atoms with Crippen molar-refractivity contribution in [2.24, 2.45) is 0 Å². The molecule has 0 radical (unpaired) electrons. The number of nitrogens with one attached hydrogen (secondary N) is 1. The van der Waals surface area contributed by atoms with Crippen molar-refractivity contribution in [1.82, 2.24) is 5.32 Å². The topological polar surface area (TPSA) is 29.1 Å². The summed E-state index contributed by atoms with van der Waals surface area (Å²) in [4.78, 5) is 12.6. The largest absolute Gasteiger partial charge is 0.356 e. The van der Waals surface area contributed by atoms with Crippen LogP contribution < -0.4 is 5.32 Å². The fraction of sp³-hybridized carbons (Fsp3) is 0.583. The van der Waals surface area contributed by atoms with E-state index in [1.165, 1.54) is 23.7 Å². The molecule has 1 rings (SSSR count). The van der Waals surface area contributed by atoms with Crippen LogP contribution in [0.5, 0.6) is 0 Å². The molecule has 90 valence electrons. The van der Waals surface area contributed by atoms with E-state index in [1.807, 2.05) is 17.5 Å². The summed E-state index contributed by atoms with van der Waals surface area (Å²) >= 11 is 4.04. The van der Waals surface area contributed by atoms with Gasteiger partial charge in [0.25, 0.3) is 0 Å². The van der Waals surface area contributed by atoms with Gasteiger partial charge in [-0.15, -0.1) is 11.3 Å². The number of carbonyl (C=O) groups excluding carboxylic acids is 1. The van der Waals surface area contributed by atoms with Gasteiger partial charge in [0.1, 0.15) is 0 Å². The summed E-state index contributed by atoms with van der Waals surface area (Å²) in [7, 11) is 0. The van der Waals surface area contributed by atoms with Crippen molar-refractivity contribution in [3.05, 3.63) is 22.4 Å². The van der Waals surface area contributed by atoms with Crippen molar-refractivity contribution in [3.8, 4) is 0 Å². The van der Waals surface area contributed by atoms with Crippen LogP contribution in [-0.4, -0.2) is 16.9 Å². The number of alkyl halides is 1. The third kappa shape index (κ3) is 6.48. The molecule has 1 heterocycles. The van der Waals surface area contributed by atoms with E-state index in [-0.39, 0.29) is 5.91 Å². The van der Waals surface area contributed by atoms with Gasteiger partial charge < -0.3 is 5.32 Å². The molecule has 0 saturated carbocycles. The quantitative estimate of drug-likeness (QED) is 0.434. The SMILES string of the molecule is O=C(Cc1cccs1)NCCCCCCI. The number of halogens is 1. The van der Waals surface area contributed by atoms with Crippen molar-refractivity contribution >= 4 is 39.8 Å². The van der Waals surface area contributed by atoms with Crippen LogP contribution in [0, 0.1) is 0 Å². The number of thiophene rings is 1. The molecule has 0 atom stereocenters. The van der Waals surface area contributed by atoms with Gasteiger partial charge in [-0.25, -0.2) is 0 Å². The first-order chi connectivity index (χ1) is 7.83. The average molecular weight is 351 g/mol. The Morgan fingerprint density at radius 2 is 2.12 bits per heavy atom. The van der Waals surface area contributed by atoms with E-state index < -0.39 is 0 Å². The Kier molecular flexibility index (Phi) is 7.84. The van der Waals surface area contributed by atoms with Gasteiger partial charge in [0, 0.05) is 11.4 Å². The van der Waals surface area contributed by atoms with E-state index in [0.29, 0.717) is 6.42 Å². The number of rotatable bonds is 8. The Balaban J connectivity index is 1.98. The van der Waals surface area contributed by atoms with Gasteiger partial charge in [0.2, 0.25) is 5.91 Å². The van der Waals surface area contributed by atoms with E-state index in [1.54, 1.807) is 11.3 Å². The van der Waals surface area contributed by atoms with Crippen LogP contribution in [-0.2, 0) is 11.2 Å². The van der Waals surface area contributed by atoms with Gasteiger partial charge in [-0.1, -0.05) is 41.5 Å². The van der Waals surface area contributed by atoms with Gasteiger partial charge in [0.05, 0.1) is 6.42 Å². The summed E-state index contributed by atoms with van der Waals surface area (Å²) in [5.74, 6) is 0.149. The molecule has 1 N–H and O–H groups in total. The van der Waals surface area contributed by atoms with Crippen molar-refractivity contribution in [2.75, 3.05) is 11.0 Å². The lowest BCUT2D eigenvalue weighted by atomic mass is 10.2. The highest BCUT2D eigenvalue weighted by molar-refractivity contribution is 14.1. The minimum absolute atomic E-state index is 0.149. The van der Waals surface area contributed by atoms with E-state index in [2.05, 4.69) is 27.9 Å². The summed E-state index contributed by atoms with van der Waals surface area (Å²) < 4.78 is 1.24. The zero-order valence-corrected chi connectivity index (χ0v) is 12.4. The minimum Gasteiger partial charge on any atom is -0.356 e. The molecule has 0 spiro atoms. The molecule has 0 unspecified atom stereocenters. The fourth-order valence-electron chi connectivity index (χ4n) is 1.43. The Morgan fingerprint density at radius 3 is 2.81 bits per heavy atom. The molecule has 0 saturated heterocycles. The molecule has 16 heavy (non-hydrogen) atoms. The predicted octanol–water partition coefficient (Wildman–Crippen LogP) is 3.40. The maximum Gasteiger partial charge on any atom is 0.225 e. The number of hydrogen-bond acceptors (Lipinski definition) is 2. The van der Waals surface area contributed by atoms with Crippen LogP contribution in [0.2, 0.25) is 0 Å². The lowest BCUT2D eigenvalue weighted by Crippen LogP contribution is -2.25. The third-order valence-electron chi connectivity index (χ3n) is 2.30. The summed E-state index contributed by atoms with van der Waals surface area (Å²) in [6.07, 6.45) is 5.44. The van der Waals surface area contributed by atoms with E-state index in [4.69, 9.17) is 0 Å². The van der Waals surface area contributed by atoms with Crippen molar-refractivity contribution in [3.63, 3.8) is 0 Å². The Labute approximate surface area is 115 Å². The van der Waals surface area contributed by atoms with Crippen molar-refractivity contribution < 1.29 is 4.79 Å². The van der Waals surface area contributed by atoms with Crippen LogP contribution in [0.4, 0.5) is 0 Å². The zero-order valence-electron chi connectivity index (χ0n) is 9.38. The Hall–Kier alpha value is -0.100. The zero-order chi connectivity index (χ0) is 11.6. The first-order valence-corrected chi connectivity index (χ1v) is 8.08. The monoisotopic (exact) mass is 351 g/mol. The standard InChI is InChI=1S/C12H18INOS/c13-7-3-1-2-4-8-14-12(15)10-11-6-5-9-16-11/h5-6,9H,1-4,7-8,10H2,(H,14,15). The molecule has 2 nitrogen and oxygen atoms in total. The minimum atomic E-state index is 0.149.